The number of benzene rings is 1. The van der Waals surface area contributed by atoms with Crippen molar-refractivity contribution in [3.8, 4) is 22.5 Å². The number of nitrogens with zero attached hydrogens (tertiary/aromatic N) is 8. The molecule has 0 unspecified atom stereocenters. The second-order valence-electron chi connectivity index (χ2n) is 14.6. The Morgan fingerprint density at radius 1 is 0.760 bits per heavy atom. The monoisotopic (exact) mass is 696 g/mol. The standard InChI is InChI=1S/C34H48N8O8/c1-21(2)14-27(31(46)49-33(3,4)5)41-18-25(35-37-41)22-15-23(26-19-42(38-36-26)28(20-43)30(45)48-9)17-24(16-22)29(44)39-10-12-40(13-11-39)32(47)50-34(6,7)8/h15-19,21,27-28,43H,10-14,20H2,1-9H3/t27-,28-/m0/s1. The average molecular weight is 697 g/mol. The molecule has 1 aliphatic rings. The molecule has 3 heterocycles. The molecule has 1 fully saturated rings. The molecule has 1 N–H and O–H groups in total. The number of hydrogen-bond donors (Lipinski definition) is 1. The van der Waals surface area contributed by atoms with Gasteiger partial charge in [0.05, 0.1) is 26.1 Å². The van der Waals surface area contributed by atoms with Gasteiger partial charge in [-0.15, -0.1) is 10.2 Å². The summed E-state index contributed by atoms with van der Waals surface area (Å²) in [6.07, 6.45) is 3.14. The molecule has 0 saturated carbocycles. The fraction of sp³-hybridized carbons (Fsp3) is 0.588. The molecule has 3 aromatic rings. The lowest BCUT2D eigenvalue weighted by Gasteiger charge is -2.35. The smallest absolute Gasteiger partial charge is 0.410 e. The second-order valence-corrected chi connectivity index (χ2v) is 14.6. The molecule has 1 aliphatic heterocycles. The van der Waals surface area contributed by atoms with Crippen LogP contribution in [-0.4, -0.2) is 120 Å². The van der Waals surface area contributed by atoms with Crippen molar-refractivity contribution >= 4 is 23.9 Å². The van der Waals surface area contributed by atoms with Crippen molar-refractivity contribution in [2.45, 2.75) is 85.1 Å². The summed E-state index contributed by atoms with van der Waals surface area (Å²) < 4.78 is 18.6. The molecule has 0 bridgehead atoms. The molecule has 1 aromatic carbocycles. The normalized spacial score (nSPS) is 15.1. The fourth-order valence-corrected chi connectivity index (χ4v) is 5.30. The number of rotatable bonds is 10. The summed E-state index contributed by atoms with van der Waals surface area (Å²) in [5, 5.41) is 26.7. The van der Waals surface area contributed by atoms with Crippen LogP contribution < -0.4 is 0 Å². The number of esters is 2. The first kappa shape index (κ1) is 38.0. The van der Waals surface area contributed by atoms with Crippen LogP contribution in [0.15, 0.2) is 30.6 Å². The Balaban J connectivity index is 1.70. The van der Waals surface area contributed by atoms with Gasteiger partial charge in [0, 0.05) is 42.9 Å². The first-order valence-corrected chi connectivity index (χ1v) is 16.6. The lowest BCUT2D eigenvalue weighted by atomic mass is 10.0. The Morgan fingerprint density at radius 3 is 1.72 bits per heavy atom. The summed E-state index contributed by atoms with van der Waals surface area (Å²) in [7, 11) is 1.21. The quantitative estimate of drug-likeness (QED) is 0.241. The maximum atomic E-state index is 14.0. The van der Waals surface area contributed by atoms with Crippen molar-refractivity contribution in [2.75, 3.05) is 39.9 Å². The summed E-state index contributed by atoms with van der Waals surface area (Å²) in [4.78, 5) is 55.3. The van der Waals surface area contributed by atoms with Crippen LogP contribution in [-0.2, 0) is 23.8 Å². The zero-order valence-corrected chi connectivity index (χ0v) is 30.2. The maximum absolute atomic E-state index is 14.0. The van der Waals surface area contributed by atoms with Crippen molar-refractivity contribution < 1.29 is 38.5 Å². The molecule has 50 heavy (non-hydrogen) atoms. The van der Waals surface area contributed by atoms with E-state index < -0.39 is 47.9 Å². The van der Waals surface area contributed by atoms with Gasteiger partial charge in [-0.05, 0) is 72.1 Å². The minimum Gasteiger partial charge on any atom is -0.467 e. The van der Waals surface area contributed by atoms with E-state index in [0.29, 0.717) is 47.6 Å². The second kappa shape index (κ2) is 15.4. The van der Waals surface area contributed by atoms with Crippen LogP contribution in [0.25, 0.3) is 22.5 Å². The highest BCUT2D eigenvalue weighted by Crippen LogP contribution is 2.30. The third-order valence-corrected chi connectivity index (χ3v) is 7.67. The van der Waals surface area contributed by atoms with Gasteiger partial charge in [-0.1, -0.05) is 24.3 Å². The molecule has 2 aromatic heterocycles. The fourth-order valence-electron chi connectivity index (χ4n) is 5.30. The lowest BCUT2D eigenvalue weighted by molar-refractivity contribution is -0.160. The largest absolute Gasteiger partial charge is 0.467 e. The number of amides is 2. The van der Waals surface area contributed by atoms with Crippen molar-refractivity contribution in [1.29, 1.82) is 0 Å². The van der Waals surface area contributed by atoms with Crippen LogP contribution in [0.4, 0.5) is 4.79 Å². The Bertz CT molecular complexity index is 1680. The van der Waals surface area contributed by atoms with Gasteiger partial charge < -0.3 is 29.1 Å². The van der Waals surface area contributed by atoms with Crippen molar-refractivity contribution in [3.05, 3.63) is 36.2 Å². The number of aliphatic hydroxyl groups is 1. The average Bonchev–Trinajstić information content (AvgIpc) is 3.73. The summed E-state index contributed by atoms with van der Waals surface area (Å²) in [5.41, 5.74) is 0.674. The van der Waals surface area contributed by atoms with Crippen LogP contribution in [0.2, 0.25) is 0 Å². The van der Waals surface area contributed by atoms with Gasteiger partial charge in [-0.3, -0.25) is 4.79 Å². The highest BCUT2D eigenvalue weighted by molar-refractivity contribution is 5.97. The van der Waals surface area contributed by atoms with Crippen LogP contribution >= 0.6 is 0 Å². The van der Waals surface area contributed by atoms with Gasteiger partial charge in [0.1, 0.15) is 22.6 Å². The Kier molecular flexibility index (Phi) is 11.7. The van der Waals surface area contributed by atoms with Gasteiger partial charge in [-0.2, -0.15) is 0 Å². The molecule has 272 valence electrons. The third-order valence-electron chi connectivity index (χ3n) is 7.67. The molecule has 16 heteroatoms. The molecule has 4 rings (SSSR count). The van der Waals surface area contributed by atoms with Crippen molar-refractivity contribution in [1.82, 2.24) is 39.8 Å². The first-order valence-electron chi connectivity index (χ1n) is 16.6. The molecule has 2 atom stereocenters. The molecular weight excluding hydrogens is 648 g/mol. The van der Waals surface area contributed by atoms with E-state index in [1.807, 2.05) is 13.8 Å². The highest BCUT2D eigenvalue weighted by atomic mass is 16.6. The SMILES string of the molecule is COC(=O)[C@H](CO)n1cc(-c2cc(C(=O)N3CCN(C(=O)OC(C)(C)C)CC3)cc(-c3cn([C@@H](CC(C)C)C(=O)OC(C)(C)C)nn3)c2)nn1. The van der Waals surface area contributed by atoms with Gasteiger partial charge in [-0.25, -0.2) is 23.7 Å². The van der Waals surface area contributed by atoms with Crippen molar-refractivity contribution in [2.24, 2.45) is 5.92 Å². The number of carbonyl (C=O) groups is 4. The lowest BCUT2D eigenvalue weighted by Crippen LogP contribution is -2.51. The molecule has 0 spiro atoms. The maximum Gasteiger partial charge on any atom is 0.410 e. The summed E-state index contributed by atoms with van der Waals surface area (Å²) in [5.74, 6) is -1.26. The highest BCUT2D eigenvalue weighted by Gasteiger charge is 2.31. The number of piperazine rings is 1. The van der Waals surface area contributed by atoms with Crippen LogP contribution in [0.1, 0.15) is 84.3 Å². The van der Waals surface area contributed by atoms with E-state index in [1.54, 1.807) is 75.7 Å². The molecule has 0 aliphatic carbocycles. The Labute approximate surface area is 291 Å². The molecule has 16 nitrogen and oxygen atoms in total. The number of hydrogen-bond acceptors (Lipinski definition) is 12. The van der Waals surface area contributed by atoms with E-state index in [0.717, 1.165) is 0 Å². The Morgan fingerprint density at radius 2 is 1.26 bits per heavy atom. The summed E-state index contributed by atoms with van der Waals surface area (Å²) in [6.45, 7) is 15.4. The molecule has 2 amide bonds. The number of methoxy groups -OCH3 is 1. The number of aliphatic hydroxyl groups excluding tert-OH is 1. The van der Waals surface area contributed by atoms with E-state index in [9.17, 15) is 24.3 Å². The Hall–Kier alpha value is -4.86. The van der Waals surface area contributed by atoms with Crippen molar-refractivity contribution in [3.63, 3.8) is 0 Å². The number of aromatic nitrogens is 6. The van der Waals surface area contributed by atoms with Gasteiger partial charge in [0.25, 0.3) is 5.91 Å². The number of ether oxygens (including phenoxy) is 3. The van der Waals surface area contributed by atoms with E-state index in [-0.39, 0.29) is 24.9 Å². The predicted octanol–water partition coefficient (Wildman–Crippen LogP) is 3.53. The van der Waals surface area contributed by atoms with Crippen LogP contribution in [0, 0.1) is 5.92 Å². The third kappa shape index (κ3) is 9.64. The molecular formula is C34H48N8O8. The number of carbonyl (C=O) groups excluding carboxylic acids is 4. The van der Waals surface area contributed by atoms with Crippen LogP contribution in [0.5, 0.6) is 0 Å². The van der Waals surface area contributed by atoms with E-state index in [2.05, 4.69) is 20.6 Å². The van der Waals surface area contributed by atoms with Gasteiger partial charge in [0.2, 0.25) is 0 Å². The van der Waals surface area contributed by atoms with E-state index in [4.69, 9.17) is 14.2 Å². The summed E-state index contributed by atoms with van der Waals surface area (Å²) >= 11 is 0. The molecule has 1 saturated heterocycles. The van der Waals surface area contributed by atoms with Crippen LogP contribution in [0.3, 0.4) is 0 Å². The van der Waals surface area contributed by atoms with Gasteiger partial charge in [0.15, 0.2) is 12.1 Å². The molecule has 0 radical (unpaired) electrons. The zero-order valence-electron chi connectivity index (χ0n) is 30.2. The van der Waals surface area contributed by atoms with E-state index in [1.165, 1.54) is 22.7 Å². The predicted molar refractivity (Wildman–Crippen MR) is 181 cm³/mol. The topological polar surface area (TPSA) is 184 Å². The van der Waals surface area contributed by atoms with E-state index >= 15 is 0 Å². The zero-order chi connectivity index (χ0) is 37.0. The minimum absolute atomic E-state index is 0.152. The van der Waals surface area contributed by atoms with Gasteiger partial charge >= 0.3 is 18.0 Å². The minimum atomic E-state index is -1.11. The first-order chi connectivity index (χ1) is 23.4. The summed E-state index contributed by atoms with van der Waals surface area (Å²) in [6, 6.07) is 3.24.